The molecule has 4 nitrogen and oxygen atoms in total. The van der Waals surface area contributed by atoms with Crippen LogP contribution in [0.2, 0.25) is 0 Å². The zero-order valence-corrected chi connectivity index (χ0v) is 14.0. The summed E-state index contributed by atoms with van der Waals surface area (Å²) in [5.74, 6) is 0.196. The molecule has 1 heterocycles. The highest BCUT2D eigenvalue weighted by atomic mass is 16.2. The minimum absolute atomic E-state index is 0.131. The fraction of sp³-hybridized carbons (Fsp3) is 0.611. The van der Waals surface area contributed by atoms with Crippen molar-refractivity contribution < 1.29 is 4.79 Å². The quantitative estimate of drug-likeness (QED) is 0.928. The number of anilines is 2. The summed E-state index contributed by atoms with van der Waals surface area (Å²) in [6, 6.07) is 4.41. The maximum absolute atomic E-state index is 12.6. The van der Waals surface area contributed by atoms with Crippen LogP contribution < -0.4 is 10.2 Å². The minimum Gasteiger partial charge on any atom is -0.372 e. The third-order valence-corrected chi connectivity index (χ3v) is 4.75. The predicted molar refractivity (Wildman–Crippen MR) is 91.7 cm³/mol. The molecule has 2 aliphatic rings. The first kappa shape index (κ1) is 15.3. The van der Waals surface area contributed by atoms with E-state index in [2.05, 4.69) is 36.4 Å². The van der Waals surface area contributed by atoms with Crippen molar-refractivity contribution in [2.75, 3.05) is 37.4 Å². The van der Waals surface area contributed by atoms with E-state index in [0.29, 0.717) is 0 Å². The molecule has 0 saturated carbocycles. The van der Waals surface area contributed by atoms with Crippen molar-refractivity contribution in [2.24, 2.45) is 0 Å². The van der Waals surface area contributed by atoms with Crippen LogP contribution in [-0.2, 0) is 17.6 Å². The Morgan fingerprint density at radius 1 is 1.23 bits per heavy atom. The van der Waals surface area contributed by atoms with E-state index in [1.54, 1.807) is 0 Å². The van der Waals surface area contributed by atoms with Crippen molar-refractivity contribution in [3.05, 3.63) is 23.3 Å². The molecule has 1 unspecified atom stereocenters. The molecular formula is C18H27N3O. The lowest BCUT2D eigenvalue weighted by atomic mass is 9.90. The molecule has 3 rings (SSSR count). The lowest BCUT2D eigenvalue weighted by molar-refractivity contribution is -0.119. The topological polar surface area (TPSA) is 35.6 Å². The SMILES string of the molecule is CC1Nc2cc3c(cc2N(CCCN(C)C)C1=O)CCCC3. The standard InChI is InChI=1S/C18H27N3O/c1-13-18(22)21(10-6-9-20(2)3)17-12-15-8-5-4-7-14(15)11-16(17)19-13/h11-13,19H,4-10H2,1-3H3. The van der Waals surface area contributed by atoms with Gasteiger partial charge in [-0.3, -0.25) is 4.79 Å². The Morgan fingerprint density at radius 2 is 1.91 bits per heavy atom. The molecule has 4 heteroatoms. The molecule has 0 radical (unpaired) electrons. The lowest BCUT2D eigenvalue weighted by Crippen LogP contribution is -2.46. The molecule has 1 aromatic carbocycles. The maximum atomic E-state index is 12.6. The van der Waals surface area contributed by atoms with Crippen LogP contribution in [0.25, 0.3) is 0 Å². The second kappa shape index (κ2) is 6.29. The van der Waals surface area contributed by atoms with Gasteiger partial charge in [0.05, 0.1) is 11.4 Å². The number of carbonyl (C=O) groups is 1. The van der Waals surface area contributed by atoms with Crippen molar-refractivity contribution in [1.82, 2.24) is 4.90 Å². The highest BCUT2D eigenvalue weighted by molar-refractivity contribution is 6.05. The van der Waals surface area contributed by atoms with Gasteiger partial charge in [-0.2, -0.15) is 0 Å². The molecule has 0 bridgehead atoms. The summed E-state index contributed by atoms with van der Waals surface area (Å²) in [5, 5.41) is 3.39. The zero-order chi connectivity index (χ0) is 15.7. The summed E-state index contributed by atoms with van der Waals surface area (Å²) in [6.07, 6.45) is 5.88. The first-order valence-corrected chi connectivity index (χ1v) is 8.44. The number of amides is 1. The fourth-order valence-corrected chi connectivity index (χ4v) is 3.53. The molecule has 0 fully saturated rings. The van der Waals surface area contributed by atoms with Crippen LogP contribution in [0.1, 0.15) is 37.3 Å². The van der Waals surface area contributed by atoms with Crippen LogP contribution in [0.4, 0.5) is 11.4 Å². The van der Waals surface area contributed by atoms with Crippen molar-refractivity contribution in [2.45, 2.75) is 45.1 Å². The number of benzene rings is 1. The van der Waals surface area contributed by atoms with Gasteiger partial charge in [-0.15, -0.1) is 0 Å². The molecule has 1 atom stereocenters. The average molecular weight is 301 g/mol. The van der Waals surface area contributed by atoms with E-state index >= 15 is 0 Å². The number of nitrogens with one attached hydrogen (secondary N) is 1. The Hall–Kier alpha value is -1.55. The van der Waals surface area contributed by atoms with Gasteiger partial charge < -0.3 is 15.1 Å². The van der Waals surface area contributed by atoms with Crippen LogP contribution >= 0.6 is 0 Å². The summed E-state index contributed by atoms with van der Waals surface area (Å²) in [7, 11) is 4.15. The lowest BCUT2D eigenvalue weighted by Gasteiger charge is -2.35. The van der Waals surface area contributed by atoms with E-state index in [4.69, 9.17) is 0 Å². The van der Waals surface area contributed by atoms with Crippen molar-refractivity contribution in [3.63, 3.8) is 0 Å². The second-order valence-electron chi connectivity index (χ2n) is 6.86. The monoisotopic (exact) mass is 301 g/mol. The second-order valence-corrected chi connectivity index (χ2v) is 6.86. The molecule has 22 heavy (non-hydrogen) atoms. The van der Waals surface area contributed by atoms with Gasteiger partial charge in [0.25, 0.3) is 0 Å². The summed E-state index contributed by atoms with van der Waals surface area (Å²) in [6.45, 7) is 3.77. The number of nitrogens with zero attached hydrogens (tertiary/aromatic N) is 2. The van der Waals surface area contributed by atoms with E-state index in [0.717, 1.165) is 37.3 Å². The van der Waals surface area contributed by atoms with Gasteiger partial charge in [-0.1, -0.05) is 0 Å². The Bertz CT molecular complexity index is 568. The van der Waals surface area contributed by atoms with Gasteiger partial charge in [0, 0.05) is 6.54 Å². The van der Waals surface area contributed by atoms with Gasteiger partial charge in [-0.05, 0) is 82.9 Å². The molecule has 1 amide bonds. The highest BCUT2D eigenvalue weighted by Gasteiger charge is 2.30. The van der Waals surface area contributed by atoms with Gasteiger partial charge in [0.2, 0.25) is 5.91 Å². The number of hydrogen-bond acceptors (Lipinski definition) is 3. The van der Waals surface area contributed by atoms with E-state index < -0.39 is 0 Å². The van der Waals surface area contributed by atoms with Crippen molar-refractivity contribution in [1.29, 1.82) is 0 Å². The Labute approximate surface area is 133 Å². The summed E-state index contributed by atoms with van der Waals surface area (Å²) < 4.78 is 0. The van der Waals surface area contributed by atoms with E-state index in [9.17, 15) is 4.79 Å². The molecular weight excluding hydrogens is 274 g/mol. The van der Waals surface area contributed by atoms with Crippen molar-refractivity contribution >= 4 is 17.3 Å². The Kier molecular flexibility index (Phi) is 4.39. The molecule has 1 aliphatic heterocycles. The third kappa shape index (κ3) is 2.98. The third-order valence-electron chi connectivity index (χ3n) is 4.75. The molecule has 1 aliphatic carbocycles. The van der Waals surface area contributed by atoms with Gasteiger partial charge in [0.15, 0.2) is 0 Å². The van der Waals surface area contributed by atoms with Crippen molar-refractivity contribution in [3.8, 4) is 0 Å². The van der Waals surface area contributed by atoms with E-state index in [1.165, 1.54) is 30.4 Å². The van der Waals surface area contributed by atoms with Crippen LogP contribution in [-0.4, -0.2) is 44.0 Å². The maximum Gasteiger partial charge on any atom is 0.249 e. The largest absolute Gasteiger partial charge is 0.372 e. The molecule has 0 aromatic heterocycles. The number of hydrogen-bond donors (Lipinski definition) is 1. The van der Waals surface area contributed by atoms with Crippen LogP contribution in [0, 0.1) is 0 Å². The Balaban J connectivity index is 1.88. The molecule has 1 aromatic rings. The number of rotatable bonds is 4. The molecule has 0 spiro atoms. The Morgan fingerprint density at radius 3 is 2.59 bits per heavy atom. The number of fused-ring (bicyclic) bond motifs is 2. The van der Waals surface area contributed by atoms with Gasteiger partial charge in [0.1, 0.15) is 6.04 Å². The first-order chi connectivity index (χ1) is 10.6. The molecule has 0 saturated heterocycles. The smallest absolute Gasteiger partial charge is 0.249 e. The van der Waals surface area contributed by atoms with Gasteiger partial charge in [-0.25, -0.2) is 0 Å². The first-order valence-electron chi connectivity index (χ1n) is 8.44. The highest BCUT2D eigenvalue weighted by Crippen LogP contribution is 2.36. The summed E-state index contributed by atoms with van der Waals surface area (Å²) in [4.78, 5) is 16.7. The van der Waals surface area contributed by atoms with Crippen LogP contribution in [0.15, 0.2) is 12.1 Å². The average Bonchev–Trinajstić information content (AvgIpc) is 2.49. The van der Waals surface area contributed by atoms with Crippen LogP contribution in [0.5, 0.6) is 0 Å². The molecule has 1 N–H and O–H groups in total. The zero-order valence-electron chi connectivity index (χ0n) is 14.0. The minimum atomic E-state index is -0.131. The normalized spacial score (nSPS) is 20.6. The molecule has 120 valence electrons. The fourth-order valence-electron chi connectivity index (χ4n) is 3.53. The summed E-state index contributed by atoms with van der Waals surface area (Å²) in [5.41, 5.74) is 5.12. The van der Waals surface area contributed by atoms with E-state index in [-0.39, 0.29) is 11.9 Å². The number of aryl methyl sites for hydroxylation is 2. The summed E-state index contributed by atoms with van der Waals surface area (Å²) >= 11 is 0. The van der Waals surface area contributed by atoms with Gasteiger partial charge >= 0.3 is 0 Å². The number of carbonyl (C=O) groups excluding carboxylic acids is 1. The van der Waals surface area contributed by atoms with E-state index in [1.807, 2.05) is 11.8 Å². The predicted octanol–water partition coefficient (Wildman–Crippen LogP) is 2.66. The van der Waals surface area contributed by atoms with Crippen LogP contribution in [0.3, 0.4) is 0 Å².